The van der Waals surface area contributed by atoms with Crippen molar-refractivity contribution in [3.05, 3.63) is 66.1 Å². The second-order valence-electron chi connectivity index (χ2n) is 10.1. The van der Waals surface area contributed by atoms with Crippen LogP contribution in [-0.2, 0) is 0 Å². The Kier molecular flexibility index (Phi) is 7.27. The van der Waals surface area contributed by atoms with Crippen LogP contribution in [0.1, 0.15) is 36.2 Å². The number of nitrogens with one attached hydrogen (secondary N) is 2. The maximum atomic E-state index is 14.3. The van der Waals surface area contributed by atoms with Gasteiger partial charge >= 0.3 is 0 Å². The molecule has 0 radical (unpaired) electrons. The van der Waals surface area contributed by atoms with Crippen LogP contribution in [0.4, 0.5) is 20.4 Å². The lowest BCUT2D eigenvalue weighted by molar-refractivity contribution is -0.00177. The van der Waals surface area contributed by atoms with Gasteiger partial charge in [-0.25, -0.2) is 28.7 Å². The monoisotopic (exact) mass is 547 g/mol. The van der Waals surface area contributed by atoms with E-state index in [4.69, 9.17) is 0 Å². The summed E-state index contributed by atoms with van der Waals surface area (Å²) in [6, 6.07) is 7.20. The topological polar surface area (TPSA) is 145 Å². The minimum absolute atomic E-state index is 0.113. The average molecular weight is 548 g/mol. The quantitative estimate of drug-likeness (QED) is 0.303. The molecule has 1 saturated heterocycles. The number of aromatic nitrogens is 5. The predicted octanol–water partition coefficient (Wildman–Crippen LogP) is 2.75. The number of nitriles is 1. The second-order valence-corrected chi connectivity index (χ2v) is 10.1. The maximum absolute atomic E-state index is 14.3. The molecule has 13 heteroatoms. The number of amides is 1. The molecule has 5 heterocycles. The number of carbonyl (C=O) groups is 1. The summed E-state index contributed by atoms with van der Waals surface area (Å²) in [4.78, 5) is 32.0. The summed E-state index contributed by atoms with van der Waals surface area (Å²) in [5, 5.41) is 25.8. The van der Waals surface area contributed by atoms with E-state index in [2.05, 4.69) is 36.6 Å². The zero-order valence-electron chi connectivity index (χ0n) is 21.8. The summed E-state index contributed by atoms with van der Waals surface area (Å²) in [6.07, 6.45) is 5.88. The highest BCUT2D eigenvalue weighted by molar-refractivity contribution is 5.99. The highest BCUT2D eigenvalue weighted by Gasteiger charge is 2.29. The van der Waals surface area contributed by atoms with Gasteiger partial charge in [-0.15, -0.1) is 0 Å². The van der Waals surface area contributed by atoms with Crippen LogP contribution in [-0.4, -0.2) is 73.0 Å². The summed E-state index contributed by atoms with van der Waals surface area (Å²) >= 11 is 0. The molecule has 206 valence electrons. The second kappa shape index (κ2) is 10.8. The maximum Gasteiger partial charge on any atom is 0.255 e. The Morgan fingerprint density at radius 3 is 2.73 bits per heavy atom. The number of nitrogens with zero attached hydrogens (tertiary/aromatic N) is 7. The van der Waals surface area contributed by atoms with Crippen LogP contribution in [0, 0.1) is 17.1 Å². The van der Waals surface area contributed by atoms with Crippen molar-refractivity contribution in [3.8, 4) is 11.9 Å². The number of fused-ring (bicyclic) bond motifs is 1. The van der Waals surface area contributed by atoms with Crippen LogP contribution in [0.15, 0.2) is 49.2 Å². The molecular weight excluding hydrogens is 520 g/mol. The Labute approximate surface area is 228 Å². The zero-order valence-corrected chi connectivity index (χ0v) is 21.8. The average Bonchev–Trinajstić information content (AvgIpc) is 3.58. The predicted molar refractivity (Wildman–Crippen MR) is 143 cm³/mol. The van der Waals surface area contributed by atoms with Crippen LogP contribution in [0.2, 0.25) is 0 Å². The van der Waals surface area contributed by atoms with E-state index in [9.17, 15) is 23.9 Å². The van der Waals surface area contributed by atoms with Crippen LogP contribution in [0.5, 0.6) is 0 Å². The number of hydrogen-bond acceptors (Lipinski definition) is 9. The summed E-state index contributed by atoms with van der Waals surface area (Å²) in [5.74, 6) is -0.197. The van der Waals surface area contributed by atoms with Crippen molar-refractivity contribution < 1.29 is 18.7 Å². The lowest BCUT2D eigenvalue weighted by atomic mass is 10.0. The molecule has 0 aromatic carbocycles. The Balaban J connectivity index is 1.43. The molecule has 4 aromatic heterocycles. The van der Waals surface area contributed by atoms with Gasteiger partial charge in [-0.3, -0.25) is 9.36 Å². The number of rotatable bonds is 8. The molecule has 0 spiro atoms. The van der Waals surface area contributed by atoms with Crippen molar-refractivity contribution in [2.24, 2.45) is 0 Å². The van der Waals surface area contributed by atoms with Gasteiger partial charge in [0.2, 0.25) is 5.95 Å². The standard InChI is InChI=1S/C27H27F2N9O2/c1-27(2,40)22(29)14-33-25(39)20-13-31-23(38-6-3-17-7-16(9-30)10-32-24(17)38)8-21(20)36-19-4-5-37(15-19)26-34-11-18(28)12-35-26/h3,6-8,10-13,19,22,40H,4-5,14-15H2,1-2H3,(H,31,36)(H,33,39). The molecule has 11 nitrogen and oxygen atoms in total. The molecule has 5 rings (SSSR count). The fraction of sp³-hybridized carbons (Fsp3) is 0.333. The van der Waals surface area contributed by atoms with Crippen molar-refractivity contribution in [2.45, 2.75) is 38.1 Å². The zero-order chi connectivity index (χ0) is 28.4. The van der Waals surface area contributed by atoms with Crippen LogP contribution < -0.4 is 15.5 Å². The first-order valence-corrected chi connectivity index (χ1v) is 12.6. The van der Waals surface area contributed by atoms with E-state index in [0.717, 1.165) is 17.8 Å². The minimum Gasteiger partial charge on any atom is -0.387 e. The summed E-state index contributed by atoms with van der Waals surface area (Å²) in [6.45, 7) is 3.40. The van der Waals surface area contributed by atoms with E-state index in [1.54, 1.807) is 22.9 Å². The molecule has 3 N–H and O–H groups in total. The van der Waals surface area contributed by atoms with Crippen molar-refractivity contribution in [3.63, 3.8) is 0 Å². The normalized spacial score (nSPS) is 16.1. The lowest BCUT2D eigenvalue weighted by Gasteiger charge is -2.23. The van der Waals surface area contributed by atoms with Crippen molar-refractivity contribution in [2.75, 3.05) is 29.9 Å². The van der Waals surface area contributed by atoms with Crippen molar-refractivity contribution in [1.29, 1.82) is 5.26 Å². The minimum atomic E-state index is -1.67. The molecule has 1 aliphatic rings. The Hall–Kier alpha value is -4.70. The first kappa shape index (κ1) is 26.9. The number of anilines is 2. The number of halogens is 2. The Morgan fingerprint density at radius 1 is 1.23 bits per heavy atom. The summed E-state index contributed by atoms with van der Waals surface area (Å²) < 4.78 is 29.3. The fourth-order valence-electron chi connectivity index (χ4n) is 4.42. The number of alkyl halides is 1. The van der Waals surface area contributed by atoms with Gasteiger partial charge in [-0.05, 0) is 32.4 Å². The number of pyridine rings is 2. The molecule has 40 heavy (non-hydrogen) atoms. The molecule has 1 aliphatic heterocycles. The summed E-state index contributed by atoms with van der Waals surface area (Å²) in [7, 11) is 0. The number of hydrogen-bond donors (Lipinski definition) is 3. The third kappa shape index (κ3) is 5.67. The van der Waals surface area contributed by atoms with Crippen LogP contribution >= 0.6 is 0 Å². The molecule has 1 fully saturated rings. The van der Waals surface area contributed by atoms with Crippen molar-refractivity contribution >= 4 is 28.6 Å². The molecule has 0 aliphatic carbocycles. The van der Waals surface area contributed by atoms with Crippen LogP contribution in [0.25, 0.3) is 16.9 Å². The number of aliphatic hydroxyl groups is 1. The largest absolute Gasteiger partial charge is 0.387 e. The van der Waals surface area contributed by atoms with Crippen LogP contribution in [0.3, 0.4) is 0 Å². The molecule has 4 aromatic rings. The lowest BCUT2D eigenvalue weighted by Crippen LogP contribution is -2.42. The molecule has 2 atom stereocenters. The third-order valence-electron chi connectivity index (χ3n) is 6.68. The van der Waals surface area contributed by atoms with Gasteiger partial charge in [0.1, 0.15) is 23.7 Å². The Morgan fingerprint density at radius 2 is 2.00 bits per heavy atom. The molecule has 1 amide bonds. The van der Waals surface area contributed by atoms with E-state index in [-0.39, 0.29) is 18.2 Å². The van der Waals surface area contributed by atoms with E-state index < -0.39 is 23.5 Å². The first-order chi connectivity index (χ1) is 19.1. The van der Waals surface area contributed by atoms with Gasteiger partial charge in [0.25, 0.3) is 5.91 Å². The fourth-order valence-corrected chi connectivity index (χ4v) is 4.42. The smallest absolute Gasteiger partial charge is 0.255 e. The van der Waals surface area contributed by atoms with Gasteiger partial charge in [-0.2, -0.15) is 5.26 Å². The van der Waals surface area contributed by atoms with E-state index >= 15 is 0 Å². The van der Waals surface area contributed by atoms with Gasteiger partial charge < -0.3 is 20.6 Å². The van der Waals surface area contributed by atoms with Gasteiger partial charge in [-0.1, -0.05) is 0 Å². The van der Waals surface area contributed by atoms with Gasteiger partial charge in [0.15, 0.2) is 5.82 Å². The van der Waals surface area contributed by atoms with Crippen molar-refractivity contribution in [1.82, 2.24) is 29.8 Å². The van der Waals surface area contributed by atoms with Gasteiger partial charge in [0, 0.05) is 49.2 Å². The Bertz CT molecular complexity index is 1580. The number of carbonyl (C=O) groups excluding carboxylic acids is 1. The SMILES string of the molecule is CC(C)(O)C(F)CNC(=O)c1cnc(-n2ccc3cc(C#N)cnc32)cc1NC1CCN(c2ncc(F)cn2)C1. The van der Waals surface area contributed by atoms with E-state index in [1.165, 1.54) is 26.2 Å². The molecule has 2 unspecified atom stereocenters. The third-order valence-corrected chi connectivity index (χ3v) is 6.68. The molecule has 0 bridgehead atoms. The highest BCUT2D eigenvalue weighted by Crippen LogP contribution is 2.26. The molecular formula is C27H27F2N9O2. The van der Waals surface area contributed by atoms with E-state index in [0.29, 0.717) is 48.2 Å². The van der Waals surface area contributed by atoms with E-state index in [1.807, 2.05) is 11.0 Å². The highest BCUT2D eigenvalue weighted by atomic mass is 19.1. The summed E-state index contributed by atoms with van der Waals surface area (Å²) in [5.41, 5.74) is 0.0596. The van der Waals surface area contributed by atoms with Gasteiger partial charge in [0.05, 0.1) is 41.4 Å². The molecule has 0 saturated carbocycles. The first-order valence-electron chi connectivity index (χ1n) is 12.6.